The second kappa shape index (κ2) is 10.7. The zero-order chi connectivity index (χ0) is 24.0. The molecular formula is C24H26F2N4O3. The topological polar surface area (TPSA) is 74.2 Å². The number of benzene rings is 2. The molecule has 0 spiro atoms. The molecule has 1 aliphatic rings. The van der Waals surface area contributed by atoms with Gasteiger partial charge in [0.05, 0.1) is 13.8 Å². The highest BCUT2D eigenvalue weighted by Gasteiger charge is 2.22. The SMILES string of the molecule is C=NC(=O)/C(=C\N(CNc1cc(N2CCCC2=O)ccc1C)Cc1ccc(F)c(F)c1)OC. The minimum absolute atomic E-state index is 0.0532. The van der Waals surface area contributed by atoms with Crippen molar-refractivity contribution in [3.63, 3.8) is 0 Å². The Balaban J connectivity index is 1.84. The van der Waals surface area contributed by atoms with Crippen molar-refractivity contribution in [3.05, 3.63) is 71.1 Å². The standard InChI is InChI=1S/C24H26F2N4O3/c1-16-6-8-18(30-10-4-5-23(30)31)12-21(16)28-15-29(14-22(33-3)24(32)27-2)13-17-7-9-19(25)20(26)11-17/h6-9,11-12,14,28H,2,4-5,10,13,15H2,1,3H3/b22-14+. The van der Waals surface area contributed by atoms with E-state index in [2.05, 4.69) is 17.0 Å². The third-order valence-corrected chi connectivity index (χ3v) is 5.32. The molecule has 7 nitrogen and oxygen atoms in total. The molecule has 2 amide bonds. The Morgan fingerprint density at radius 2 is 2.06 bits per heavy atom. The number of methoxy groups -OCH3 is 1. The summed E-state index contributed by atoms with van der Waals surface area (Å²) in [5, 5.41) is 3.29. The van der Waals surface area contributed by atoms with Crippen LogP contribution in [0.2, 0.25) is 0 Å². The molecule has 1 aliphatic heterocycles. The van der Waals surface area contributed by atoms with Gasteiger partial charge in [-0.1, -0.05) is 12.1 Å². The quantitative estimate of drug-likeness (QED) is 0.267. The van der Waals surface area contributed by atoms with Gasteiger partial charge in [-0.05, 0) is 55.5 Å². The van der Waals surface area contributed by atoms with E-state index >= 15 is 0 Å². The predicted octanol–water partition coefficient (Wildman–Crippen LogP) is 3.99. The summed E-state index contributed by atoms with van der Waals surface area (Å²) >= 11 is 0. The summed E-state index contributed by atoms with van der Waals surface area (Å²) in [4.78, 5) is 30.9. The minimum Gasteiger partial charge on any atom is -0.490 e. The van der Waals surface area contributed by atoms with Crippen molar-refractivity contribution in [2.75, 3.05) is 30.5 Å². The third kappa shape index (κ3) is 5.94. The van der Waals surface area contributed by atoms with Gasteiger partial charge in [-0.15, -0.1) is 0 Å². The molecule has 0 saturated carbocycles. The number of amides is 2. The number of hydrogen-bond acceptors (Lipinski definition) is 5. The highest BCUT2D eigenvalue weighted by molar-refractivity contribution is 5.96. The highest BCUT2D eigenvalue weighted by atomic mass is 19.2. The number of halogens is 2. The van der Waals surface area contributed by atoms with Crippen LogP contribution in [0.3, 0.4) is 0 Å². The van der Waals surface area contributed by atoms with Crippen LogP contribution in [0.5, 0.6) is 0 Å². The minimum atomic E-state index is -0.959. The first-order valence-corrected chi connectivity index (χ1v) is 10.4. The van der Waals surface area contributed by atoms with E-state index in [0.717, 1.165) is 35.5 Å². The van der Waals surface area contributed by atoms with E-state index in [0.29, 0.717) is 18.5 Å². The van der Waals surface area contributed by atoms with Gasteiger partial charge in [-0.2, -0.15) is 0 Å². The Morgan fingerprint density at radius 1 is 1.27 bits per heavy atom. The number of rotatable bonds is 9. The molecule has 0 aromatic heterocycles. The number of aryl methyl sites for hydroxylation is 1. The number of hydrogen-bond donors (Lipinski definition) is 1. The lowest BCUT2D eigenvalue weighted by molar-refractivity contribution is -0.117. The number of carbonyl (C=O) groups excluding carboxylic acids is 2. The first-order chi connectivity index (χ1) is 15.8. The van der Waals surface area contributed by atoms with Gasteiger partial charge in [-0.3, -0.25) is 9.59 Å². The lowest BCUT2D eigenvalue weighted by Gasteiger charge is -2.24. The summed E-state index contributed by atoms with van der Waals surface area (Å²) in [6, 6.07) is 9.33. The zero-order valence-corrected chi connectivity index (χ0v) is 18.6. The maximum absolute atomic E-state index is 13.7. The van der Waals surface area contributed by atoms with Crippen LogP contribution in [0.1, 0.15) is 24.0 Å². The Kier molecular flexibility index (Phi) is 7.76. The molecule has 2 aromatic carbocycles. The van der Waals surface area contributed by atoms with Crippen molar-refractivity contribution in [2.45, 2.75) is 26.3 Å². The van der Waals surface area contributed by atoms with Crippen molar-refractivity contribution < 1.29 is 23.1 Å². The number of ether oxygens (including phenoxy) is 1. The number of anilines is 2. The molecule has 0 bridgehead atoms. The van der Waals surface area contributed by atoms with Crippen LogP contribution < -0.4 is 10.2 Å². The number of nitrogens with zero attached hydrogens (tertiary/aromatic N) is 3. The number of carbonyl (C=O) groups is 2. The highest BCUT2D eigenvalue weighted by Crippen LogP contribution is 2.27. The van der Waals surface area contributed by atoms with Crippen LogP contribution in [0.25, 0.3) is 0 Å². The molecule has 2 aromatic rings. The van der Waals surface area contributed by atoms with Crippen molar-refractivity contribution in [1.82, 2.24) is 4.90 Å². The first-order valence-electron chi connectivity index (χ1n) is 10.4. The Morgan fingerprint density at radius 3 is 2.70 bits per heavy atom. The Bertz CT molecular complexity index is 1090. The average Bonchev–Trinajstić information content (AvgIpc) is 3.24. The van der Waals surface area contributed by atoms with Crippen LogP contribution in [0, 0.1) is 18.6 Å². The van der Waals surface area contributed by atoms with E-state index in [-0.39, 0.29) is 24.9 Å². The van der Waals surface area contributed by atoms with Gasteiger partial charge in [0.25, 0.3) is 0 Å². The summed E-state index contributed by atoms with van der Waals surface area (Å²) in [6.07, 6.45) is 2.80. The van der Waals surface area contributed by atoms with Crippen LogP contribution in [-0.2, 0) is 20.9 Å². The van der Waals surface area contributed by atoms with Gasteiger partial charge in [0.15, 0.2) is 11.6 Å². The molecule has 9 heteroatoms. The van der Waals surface area contributed by atoms with Crippen LogP contribution in [0.4, 0.5) is 20.2 Å². The smallest absolute Gasteiger partial charge is 0.312 e. The summed E-state index contributed by atoms with van der Waals surface area (Å²) in [7, 11) is 1.33. The van der Waals surface area contributed by atoms with Crippen molar-refractivity contribution in [3.8, 4) is 0 Å². The maximum Gasteiger partial charge on any atom is 0.312 e. The Hall–Kier alpha value is -3.75. The maximum atomic E-state index is 13.7. The molecule has 174 valence electrons. The molecule has 1 fully saturated rings. The van der Waals surface area contributed by atoms with E-state index in [1.807, 2.05) is 25.1 Å². The predicted molar refractivity (Wildman–Crippen MR) is 123 cm³/mol. The molecule has 1 heterocycles. The molecular weight excluding hydrogens is 430 g/mol. The second-order valence-corrected chi connectivity index (χ2v) is 7.64. The van der Waals surface area contributed by atoms with E-state index in [4.69, 9.17) is 4.74 Å². The van der Waals surface area contributed by atoms with Gasteiger partial charge in [0, 0.05) is 37.1 Å². The number of nitrogens with one attached hydrogen (secondary N) is 1. The molecule has 0 atom stereocenters. The van der Waals surface area contributed by atoms with Crippen molar-refractivity contribution in [1.29, 1.82) is 0 Å². The van der Waals surface area contributed by atoms with Gasteiger partial charge in [-0.25, -0.2) is 13.8 Å². The van der Waals surface area contributed by atoms with Crippen LogP contribution in [-0.4, -0.2) is 43.8 Å². The fourth-order valence-corrected chi connectivity index (χ4v) is 3.53. The summed E-state index contributed by atoms with van der Waals surface area (Å²) < 4.78 is 32.2. The van der Waals surface area contributed by atoms with Gasteiger partial charge in [0.2, 0.25) is 11.7 Å². The number of aliphatic imine (C=N–C) groups is 1. The molecule has 1 saturated heterocycles. The van der Waals surface area contributed by atoms with E-state index < -0.39 is 17.5 Å². The molecule has 1 N–H and O–H groups in total. The van der Waals surface area contributed by atoms with Gasteiger partial charge >= 0.3 is 5.91 Å². The van der Waals surface area contributed by atoms with E-state index in [9.17, 15) is 18.4 Å². The molecule has 0 aliphatic carbocycles. The van der Waals surface area contributed by atoms with E-state index in [1.54, 1.807) is 9.80 Å². The first kappa shape index (κ1) is 23.9. The zero-order valence-electron chi connectivity index (χ0n) is 18.6. The lowest BCUT2D eigenvalue weighted by Crippen LogP contribution is -2.26. The second-order valence-electron chi connectivity index (χ2n) is 7.64. The van der Waals surface area contributed by atoms with Crippen LogP contribution in [0.15, 0.2) is 53.3 Å². The third-order valence-electron chi connectivity index (χ3n) is 5.32. The molecule has 3 rings (SSSR count). The van der Waals surface area contributed by atoms with Gasteiger partial charge < -0.3 is 19.9 Å². The Labute approximate surface area is 191 Å². The van der Waals surface area contributed by atoms with E-state index in [1.165, 1.54) is 19.4 Å². The largest absolute Gasteiger partial charge is 0.490 e. The molecule has 0 radical (unpaired) electrons. The molecule has 33 heavy (non-hydrogen) atoms. The molecule has 0 unspecified atom stereocenters. The fraction of sp³-hybridized carbons (Fsp3) is 0.292. The average molecular weight is 456 g/mol. The van der Waals surface area contributed by atoms with Crippen molar-refractivity contribution in [2.24, 2.45) is 4.99 Å². The fourth-order valence-electron chi connectivity index (χ4n) is 3.53. The summed E-state index contributed by atoms with van der Waals surface area (Å²) in [5.41, 5.74) is 3.05. The lowest BCUT2D eigenvalue weighted by atomic mass is 10.1. The van der Waals surface area contributed by atoms with Gasteiger partial charge in [0.1, 0.15) is 0 Å². The summed E-state index contributed by atoms with van der Waals surface area (Å²) in [6.45, 7) is 6.19. The summed E-state index contributed by atoms with van der Waals surface area (Å²) in [5.74, 6) is -2.51. The normalized spacial score (nSPS) is 13.8. The van der Waals surface area contributed by atoms with Crippen LogP contribution >= 0.6 is 0 Å². The van der Waals surface area contributed by atoms with Crippen molar-refractivity contribution >= 4 is 29.9 Å². The monoisotopic (exact) mass is 456 g/mol.